The Labute approximate surface area is 88.7 Å². The Morgan fingerprint density at radius 2 is 2.13 bits per heavy atom. The molecule has 1 aromatic rings. The number of piperidine rings is 1. The van der Waals surface area contributed by atoms with E-state index in [9.17, 15) is 9.18 Å². The molecule has 0 aromatic heterocycles. The zero-order valence-corrected chi connectivity index (χ0v) is 8.74. The van der Waals surface area contributed by atoms with Gasteiger partial charge in [0.15, 0.2) is 5.78 Å². The van der Waals surface area contributed by atoms with Gasteiger partial charge < -0.3 is 0 Å². The molecule has 0 aliphatic carbocycles. The first kappa shape index (κ1) is 10.3. The molecule has 2 rings (SSSR count). The minimum absolute atomic E-state index is 0.119. The van der Waals surface area contributed by atoms with Crippen molar-refractivity contribution in [2.45, 2.75) is 12.3 Å². The van der Waals surface area contributed by atoms with E-state index < -0.39 is 0 Å². The summed E-state index contributed by atoms with van der Waals surface area (Å²) in [6, 6.07) is 6.56. The SMILES string of the molecule is CN1CCC(c2ccccc2F)C(=O)C1. The molecule has 1 aromatic carbocycles. The number of rotatable bonds is 1. The van der Waals surface area contributed by atoms with E-state index in [4.69, 9.17) is 0 Å². The van der Waals surface area contributed by atoms with E-state index in [2.05, 4.69) is 0 Å². The fourth-order valence-electron chi connectivity index (χ4n) is 2.05. The molecule has 15 heavy (non-hydrogen) atoms. The summed E-state index contributed by atoms with van der Waals surface area (Å²) in [4.78, 5) is 13.7. The van der Waals surface area contributed by atoms with Crippen LogP contribution in [0.1, 0.15) is 17.9 Å². The zero-order valence-electron chi connectivity index (χ0n) is 8.74. The molecule has 0 saturated carbocycles. The summed E-state index contributed by atoms with van der Waals surface area (Å²) < 4.78 is 13.5. The van der Waals surface area contributed by atoms with E-state index in [-0.39, 0.29) is 17.5 Å². The third kappa shape index (κ3) is 2.07. The molecular weight excluding hydrogens is 193 g/mol. The first-order valence-electron chi connectivity index (χ1n) is 5.14. The smallest absolute Gasteiger partial charge is 0.154 e. The normalized spacial score (nSPS) is 23.1. The summed E-state index contributed by atoms with van der Waals surface area (Å²) in [6.07, 6.45) is 0.719. The largest absolute Gasteiger partial charge is 0.299 e. The number of likely N-dealkylation sites (tertiary alicyclic amines) is 1. The number of benzene rings is 1. The van der Waals surface area contributed by atoms with Crippen LogP contribution in [0.4, 0.5) is 4.39 Å². The van der Waals surface area contributed by atoms with Crippen LogP contribution in [-0.2, 0) is 4.79 Å². The Morgan fingerprint density at radius 1 is 1.40 bits per heavy atom. The summed E-state index contributed by atoms with van der Waals surface area (Å²) >= 11 is 0. The standard InChI is InChI=1S/C12H14FNO/c1-14-7-6-10(12(15)8-14)9-4-2-3-5-11(9)13/h2-5,10H,6-8H2,1H3. The number of hydrogen-bond donors (Lipinski definition) is 0. The maximum atomic E-state index is 13.5. The lowest BCUT2D eigenvalue weighted by atomic mass is 9.88. The molecule has 2 nitrogen and oxygen atoms in total. The number of likely N-dealkylation sites (N-methyl/N-ethyl adjacent to an activating group) is 1. The van der Waals surface area contributed by atoms with Crippen molar-refractivity contribution in [2.75, 3.05) is 20.1 Å². The van der Waals surface area contributed by atoms with E-state index in [1.165, 1.54) is 6.07 Å². The summed E-state index contributed by atoms with van der Waals surface area (Å²) in [7, 11) is 1.91. The highest BCUT2D eigenvalue weighted by Gasteiger charge is 2.28. The second kappa shape index (κ2) is 4.11. The van der Waals surface area contributed by atoms with Gasteiger partial charge in [0.25, 0.3) is 0 Å². The van der Waals surface area contributed by atoms with Crippen molar-refractivity contribution < 1.29 is 9.18 Å². The molecule has 1 atom stereocenters. The van der Waals surface area contributed by atoms with Gasteiger partial charge in [-0.1, -0.05) is 18.2 Å². The van der Waals surface area contributed by atoms with Gasteiger partial charge in [-0.2, -0.15) is 0 Å². The van der Waals surface area contributed by atoms with Crippen molar-refractivity contribution in [2.24, 2.45) is 0 Å². The monoisotopic (exact) mass is 207 g/mol. The number of halogens is 1. The van der Waals surface area contributed by atoms with Gasteiger partial charge in [-0.05, 0) is 31.6 Å². The fraction of sp³-hybridized carbons (Fsp3) is 0.417. The quantitative estimate of drug-likeness (QED) is 0.700. The lowest BCUT2D eigenvalue weighted by Gasteiger charge is -2.28. The lowest BCUT2D eigenvalue weighted by Crippen LogP contribution is -2.37. The second-order valence-electron chi connectivity index (χ2n) is 4.07. The molecule has 1 unspecified atom stereocenters. The maximum Gasteiger partial charge on any atom is 0.154 e. The maximum absolute atomic E-state index is 13.5. The van der Waals surface area contributed by atoms with Crippen LogP contribution in [0.15, 0.2) is 24.3 Å². The van der Waals surface area contributed by atoms with Crippen LogP contribution < -0.4 is 0 Å². The van der Waals surface area contributed by atoms with E-state index in [0.29, 0.717) is 12.1 Å². The van der Waals surface area contributed by atoms with Crippen molar-refractivity contribution in [3.8, 4) is 0 Å². The van der Waals surface area contributed by atoms with Gasteiger partial charge in [0, 0.05) is 5.92 Å². The predicted octanol–water partition coefficient (Wildman–Crippen LogP) is 1.81. The van der Waals surface area contributed by atoms with Gasteiger partial charge in [0.1, 0.15) is 5.82 Å². The Hall–Kier alpha value is -1.22. The average Bonchev–Trinajstić information content (AvgIpc) is 2.20. The third-order valence-corrected chi connectivity index (χ3v) is 2.89. The Kier molecular flexibility index (Phi) is 2.82. The van der Waals surface area contributed by atoms with Crippen LogP contribution >= 0.6 is 0 Å². The molecule has 1 aliphatic rings. The Balaban J connectivity index is 2.24. The summed E-state index contributed by atoms with van der Waals surface area (Å²) in [6.45, 7) is 1.28. The molecule has 1 aliphatic heterocycles. The first-order chi connectivity index (χ1) is 7.18. The number of nitrogens with zero attached hydrogens (tertiary/aromatic N) is 1. The predicted molar refractivity (Wildman–Crippen MR) is 56.3 cm³/mol. The van der Waals surface area contributed by atoms with Crippen molar-refractivity contribution in [3.05, 3.63) is 35.6 Å². The minimum atomic E-state index is -0.264. The highest BCUT2D eigenvalue weighted by atomic mass is 19.1. The number of carbonyl (C=O) groups is 1. The van der Waals surface area contributed by atoms with Crippen LogP contribution in [0.25, 0.3) is 0 Å². The highest BCUT2D eigenvalue weighted by molar-refractivity contribution is 5.88. The fourth-order valence-corrected chi connectivity index (χ4v) is 2.05. The van der Waals surface area contributed by atoms with Crippen molar-refractivity contribution in [3.63, 3.8) is 0 Å². The van der Waals surface area contributed by atoms with Crippen LogP contribution in [0.3, 0.4) is 0 Å². The van der Waals surface area contributed by atoms with E-state index in [1.54, 1.807) is 18.2 Å². The molecular formula is C12H14FNO. The minimum Gasteiger partial charge on any atom is -0.299 e. The molecule has 0 spiro atoms. The van der Waals surface area contributed by atoms with Crippen LogP contribution in [0, 0.1) is 5.82 Å². The van der Waals surface area contributed by atoms with Gasteiger partial charge in [-0.3, -0.25) is 9.69 Å². The number of carbonyl (C=O) groups excluding carboxylic acids is 1. The lowest BCUT2D eigenvalue weighted by molar-refractivity contribution is -0.123. The van der Waals surface area contributed by atoms with Gasteiger partial charge in [0.05, 0.1) is 6.54 Å². The van der Waals surface area contributed by atoms with E-state index >= 15 is 0 Å². The zero-order chi connectivity index (χ0) is 10.8. The van der Waals surface area contributed by atoms with Gasteiger partial charge in [0.2, 0.25) is 0 Å². The van der Waals surface area contributed by atoms with Crippen molar-refractivity contribution >= 4 is 5.78 Å². The van der Waals surface area contributed by atoms with E-state index in [0.717, 1.165) is 13.0 Å². The summed E-state index contributed by atoms with van der Waals surface area (Å²) in [5.74, 6) is -0.392. The Bertz CT molecular complexity index is 378. The number of ketones is 1. The molecule has 0 amide bonds. The molecule has 3 heteroatoms. The number of Topliss-reactive ketones (excluding diaryl/α,β-unsaturated/α-hetero) is 1. The molecule has 0 N–H and O–H groups in total. The molecule has 0 bridgehead atoms. The second-order valence-corrected chi connectivity index (χ2v) is 4.07. The van der Waals surface area contributed by atoms with Crippen LogP contribution in [0.2, 0.25) is 0 Å². The van der Waals surface area contributed by atoms with Crippen molar-refractivity contribution in [1.29, 1.82) is 0 Å². The molecule has 1 saturated heterocycles. The summed E-state index contributed by atoms with van der Waals surface area (Å²) in [5, 5.41) is 0. The molecule has 1 heterocycles. The summed E-state index contributed by atoms with van der Waals surface area (Å²) in [5.41, 5.74) is 0.551. The van der Waals surface area contributed by atoms with Gasteiger partial charge in [-0.15, -0.1) is 0 Å². The van der Waals surface area contributed by atoms with Crippen molar-refractivity contribution in [1.82, 2.24) is 4.90 Å². The molecule has 0 radical (unpaired) electrons. The van der Waals surface area contributed by atoms with Gasteiger partial charge >= 0.3 is 0 Å². The van der Waals surface area contributed by atoms with Crippen LogP contribution in [0.5, 0.6) is 0 Å². The number of hydrogen-bond acceptors (Lipinski definition) is 2. The first-order valence-corrected chi connectivity index (χ1v) is 5.14. The topological polar surface area (TPSA) is 20.3 Å². The molecule has 1 fully saturated rings. The van der Waals surface area contributed by atoms with E-state index in [1.807, 2.05) is 11.9 Å². The van der Waals surface area contributed by atoms with Crippen LogP contribution in [-0.4, -0.2) is 30.8 Å². The average molecular weight is 207 g/mol. The molecule has 80 valence electrons. The Morgan fingerprint density at radius 3 is 2.80 bits per heavy atom. The van der Waals surface area contributed by atoms with Gasteiger partial charge in [-0.25, -0.2) is 4.39 Å². The highest BCUT2D eigenvalue weighted by Crippen LogP contribution is 2.26. The third-order valence-electron chi connectivity index (χ3n) is 2.89.